The summed E-state index contributed by atoms with van der Waals surface area (Å²) in [5, 5.41) is 7.37. The lowest BCUT2D eigenvalue weighted by atomic mass is 10.2. The monoisotopic (exact) mass is 498 g/mol. The van der Waals surface area contributed by atoms with E-state index in [9.17, 15) is 0 Å². The van der Waals surface area contributed by atoms with Crippen LogP contribution in [0.2, 0.25) is 10.0 Å². The van der Waals surface area contributed by atoms with E-state index >= 15 is 0 Å². The molecule has 0 spiro atoms. The van der Waals surface area contributed by atoms with Gasteiger partial charge in [0, 0.05) is 39.7 Å². The molecule has 2 N–H and O–H groups in total. The molecule has 0 saturated heterocycles. The number of rotatable bonds is 8. The Bertz CT molecular complexity index is 1280. The molecule has 9 nitrogen and oxygen atoms in total. The predicted molar refractivity (Wildman–Crippen MR) is 132 cm³/mol. The summed E-state index contributed by atoms with van der Waals surface area (Å²) in [5.41, 5.74) is 1.99. The lowest BCUT2D eigenvalue weighted by Crippen LogP contribution is -2.03. The number of methoxy groups -OCH3 is 3. The molecule has 0 atom stereocenters. The molecule has 0 unspecified atom stereocenters. The van der Waals surface area contributed by atoms with Crippen LogP contribution in [0.25, 0.3) is 11.4 Å². The third kappa shape index (κ3) is 5.22. The van der Waals surface area contributed by atoms with E-state index in [1.165, 1.54) is 6.33 Å². The average Bonchev–Trinajstić information content (AvgIpc) is 2.83. The molecule has 34 heavy (non-hydrogen) atoms. The number of hydrogen-bond acceptors (Lipinski definition) is 9. The molecule has 0 amide bonds. The number of pyridine rings is 1. The van der Waals surface area contributed by atoms with Gasteiger partial charge in [-0.1, -0.05) is 23.2 Å². The normalized spacial score (nSPS) is 10.5. The Labute approximate surface area is 206 Å². The zero-order valence-electron chi connectivity index (χ0n) is 18.5. The van der Waals surface area contributed by atoms with Gasteiger partial charge in [0.05, 0.1) is 26.9 Å². The van der Waals surface area contributed by atoms with Crippen molar-refractivity contribution in [1.29, 1.82) is 0 Å². The number of nitrogens with zero attached hydrogens (tertiary/aromatic N) is 4. The predicted octanol–water partition coefficient (Wildman–Crippen LogP) is 5.75. The number of hydrogen-bond donors (Lipinski definition) is 2. The minimum Gasteiger partial charge on any atom is -0.493 e. The Morgan fingerprint density at radius 1 is 0.765 bits per heavy atom. The van der Waals surface area contributed by atoms with Crippen LogP contribution >= 0.6 is 23.2 Å². The van der Waals surface area contributed by atoms with Crippen molar-refractivity contribution in [1.82, 2.24) is 19.9 Å². The third-order valence-corrected chi connectivity index (χ3v) is 5.10. The van der Waals surface area contributed by atoms with Gasteiger partial charge in [-0.05, 0) is 30.3 Å². The largest absolute Gasteiger partial charge is 0.493 e. The van der Waals surface area contributed by atoms with Crippen LogP contribution in [-0.4, -0.2) is 41.3 Å². The second-order valence-corrected chi connectivity index (χ2v) is 7.73. The average molecular weight is 499 g/mol. The Hall–Kier alpha value is -3.82. The number of benzene rings is 2. The molecule has 0 saturated carbocycles. The fourth-order valence-corrected chi connectivity index (χ4v) is 3.74. The quantitative estimate of drug-likeness (QED) is 0.314. The Morgan fingerprint density at radius 3 is 2.09 bits per heavy atom. The van der Waals surface area contributed by atoms with Crippen LogP contribution in [-0.2, 0) is 0 Å². The highest BCUT2D eigenvalue weighted by atomic mass is 35.5. The van der Waals surface area contributed by atoms with Crippen molar-refractivity contribution in [3.05, 3.63) is 65.0 Å². The van der Waals surface area contributed by atoms with Crippen LogP contribution in [0.3, 0.4) is 0 Å². The van der Waals surface area contributed by atoms with Crippen LogP contribution in [0.1, 0.15) is 0 Å². The van der Waals surface area contributed by atoms with Crippen molar-refractivity contribution >= 4 is 46.3 Å². The van der Waals surface area contributed by atoms with Gasteiger partial charge in [0.15, 0.2) is 17.3 Å². The first-order valence-electron chi connectivity index (χ1n) is 9.95. The topological polar surface area (TPSA) is 103 Å². The smallest absolute Gasteiger partial charge is 0.230 e. The van der Waals surface area contributed by atoms with Crippen LogP contribution in [0, 0.1) is 0 Å². The Balaban J connectivity index is 1.65. The maximum Gasteiger partial charge on any atom is 0.230 e. The van der Waals surface area contributed by atoms with E-state index in [1.54, 1.807) is 63.9 Å². The minimum atomic E-state index is 0.319. The molecule has 0 aliphatic carbocycles. The van der Waals surface area contributed by atoms with Gasteiger partial charge in [0.1, 0.15) is 12.1 Å². The van der Waals surface area contributed by atoms with Crippen LogP contribution in [0.5, 0.6) is 17.2 Å². The fourth-order valence-electron chi connectivity index (χ4n) is 3.22. The fraction of sp³-hybridized carbons (Fsp3) is 0.130. The lowest BCUT2D eigenvalue weighted by Gasteiger charge is -2.15. The second-order valence-electron chi connectivity index (χ2n) is 6.85. The molecule has 11 heteroatoms. The summed E-state index contributed by atoms with van der Waals surface area (Å²) in [6, 6.07) is 12.3. The van der Waals surface area contributed by atoms with E-state index in [-0.39, 0.29) is 0 Å². The van der Waals surface area contributed by atoms with Crippen molar-refractivity contribution < 1.29 is 14.2 Å². The molecule has 0 aliphatic rings. The van der Waals surface area contributed by atoms with Gasteiger partial charge < -0.3 is 24.8 Å². The second kappa shape index (κ2) is 10.4. The summed E-state index contributed by atoms with van der Waals surface area (Å²) < 4.78 is 16.2. The van der Waals surface area contributed by atoms with Crippen molar-refractivity contribution in [3.63, 3.8) is 0 Å². The van der Waals surface area contributed by atoms with Gasteiger partial charge in [-0.15, -0.1) is 0 Å². The summed E-state index contributed by atoms with van der Waals surface area (Å²) >= 11 is 12.2. The summed E-state index contributed by atoms with van der Waals surface area (Å²) in [6.45, 7) is 0. The van der Waals surface area contributed by atoms with Crippen LogP contribution in [0.4, 0.5) is 23.1 Å². The summed E-state index contributed by atoms with van der Waals surface area (Å²) in [4.78, 5) is 17.5. The zero-order valence-corrected chi connectivity index (χ0v) is 20.0. The van der Waals surface area contributed by atoms with Gasteiger partial charge in [-0.3, -0.25) is 0 Å². The highest BCUT2D eigenvalue weighted by Gasteiger charge is 2.15. The molecule has 0 fully saturated rings. The standard InChI is InChI=1S/C23H20Cl2N6O3/c1-32-18-10-16(11-19(33-2)20(18)34-3)30-23-28-12-27-22(31-23)17-5-4-6-26-21(17)29-15-8-13(24)7-14(25)9-15/h4-12H,1-3H3,(H,26,29)(H,27,28,30,31). The van der Waals surface area contributed by atoms with Crippen LogP contribution in [0.15, 0.2) is 55.0 Å². The summed E-state index contributed by atoms with van der Waals surface area (Å²) in [6.07, 6.45) is 3.07. The van der Waals surface area contributed by atoms with Gasteiger partial charge in [0.25, 0.3) is 0 Å². The molecule has 174 valence electrons. The first kappa shape index (κ1) is 23.3. The van der Waals surface area contributed by atoms with E-state index in [0.717, 1.165) is 0 Å². The molecule has 2 aromatic carbocycles. The summed E-state index contributed by atoms with van der Waals surface area (Å²) in [7, 11) is 4.64. The van der Waals surface area contributed by atoms with E-state index in [2.05, 4.69) is 30.6 Å². The maximum atomic E-state index is 6.12. The highest BCUT2D eigenvalue weighted by Crippen LogP contribution is 2.40. The van der Waals surface area contributed by atoms with Crippen molar-refractivity contribution in [3.8, 4) is 28.6 Å². The van der Waals surface area contributed by atoms with Gasteiger partial charge in [-0.2, -0.15) is 4.98 Å². The van der Waals surface area contributed by atoms with Crippen LogP contribution < -0.4 is 24.8 Å². The number of nitrogens with one attached hydrogen (secondary N) is 2. The molecule has 2 aromatic heterocycles. The molecule has 0 bridgehead atoms. The lowest BCUT2D eigenvalue weighted by molar-refractivity contribution is 0.324. The third-order valence-electron chi connectivity index (χ3n) is 4.67. The molecular weight excluding hydrogens is 479 g/mol. The number of anilines is 4. The van der Waals surface area contributed by atoms with E-state index in [4.69, 9.17) is 37.4 Å². The van der Waals surface area contributed by atoms with Gasteiger partial charge >= 0.3 is 0 Å². The zero-order chi connectivity index (χ0) is 24.1. The van der Waals surface area contributed by atoms with Crippen molar-refractivity contribution in [2.45, 2.75) is 0 Å². The molecule has 0 radical (unpaired) electrons. The van der Waals surface area contributed by atoms with Crippen molar-refractivity contribution in [2.24, 2.45) is 0 Å². The maximum absolute atomic E-state index is 6.12. The van der Waals surface area contributed by atoms with Gasteiger partial charge in [-0.25, -0.2) is 15.0 Å². The minimum absolute atomic E-state index is 0.319. The Morgan fingerprint density at radius 2 is 1.44 bits per heavy atom. The number of halogens is 2. The van der Waals surface area contributed by atoms with E-state index < -0.39 is 0 Å². The molecule has 2 heterocycles. The molecule has 4 aromatic rings. The molecular formula is C23H20Cl2N6O3. The Kier molecular flexibility index (Phi) is 7.15. The summed E-state index contributed by atoms with van der Waals surface area (Å²) in [5.74, 6) is 2.74. The first-order chi connectivity index (χ1) is 16.5. The number of aromatic nitrogens is 4. The first-order valence-corrected chi connectivity index (χ1v) is 10.7. The highest BCUT2D eigenvalue weighted by molar-refractivity contribution is 6.35. The molecule has 4 rings (SSSR count). The van der Waals surface area contributed by atoms with Gasteiger partial charge in [0.2, 0.25) is 11.7 Å². The SMILES string of the molecule is COc1cc(Nc2ncnc(-c3cccnc3Nc3cc(Cl)cc(Cl)c3)n2)cc(OC)c1OC. The van der Waals surface area contributed by atoms with Crippen molar-refractivity contribution in [2.75, 3.05) is 32.0 Å². The number of ether oxygens (including phenoxy) is 3. The molecule has 0 aliphatic heterocycles. The van der Waals surface area contributed by atoms with E-state index in [1.807, 2.05) is 6.07 Å². The van der Waals surface area contributed by atoms with E-state index in [0.29, 0.717) is 61.8 Å².